The van der Waals surface area contributed by atoms with Gasteiger partial charge in [0.15, 0.2) is 0 Å². The van der Waals surface area contributed by atoms with Crippen LogP contribution in [0.4, 0.5) is 5.69 Å². The van der Waals surface area contributed by atoms with Crippen molar-refractivity contribution in [2.24, 2.45) is 0 Å². The number of methoxy groups -OCH3 is 1. The molecule has 1 aliphatic carbocycles. The largest absolute Gasteiger partial charge is 0.396 e. The van der Waals surface area contributed by atoms with Gasteiger partial charge in [0, 0.05) is 13.3 Å². The zero-order valence-corrected chi connectivity index (χ0v) is 7.16. The maximum Gasteiger partial charge on any atom is 0.0875 e. The summed E-state index contributed by atoms with van der Waals surface area (Å²) >= 11 is 0. The minimum absolute atomic E-state index is 0.0540. The fourth-order valence-electron chi connectivity index (χ4n) is 1.33. The molecule has 1 fully saturated rings. The van der Waals surface area contributed by atoms with Gasteiger partial charge >= 0.3 is 0 Å². The first-order chi connectivity index (χ1) is 5.74. The standard InChI is InChI=1S/C8H13N3O/c1-12-8(2-3-8)6-11-5-7(9)4-10-11/h4-5H,2-3,6,9H2,1H3. The number of anilines is 1. The summed E-state index contributed by atoms with van der Waals surface area (Å²) in [4.78, 5) is 0. The number of nitrogens with two attached hydrogens (primary N) is 1. The quantitative estimate of drug-likeness (QED) is 0.719. The highest BCUT2D eigenvalue weighted by Crippen LogP contribution is 2.40. The minimum Gasteiger partial charge on any atom is -0.396 e. The van der Waals surface area contributed by atoms with Crippen LogP contribution in [0, 0.1) is 0 Å². The fraction of sp³-hybridized carbons (Fsp3) is 0.625. The topological polar surface area (TPSA) is 53.1 Å². The Bertz CT molecular complexity index is 278. The first-order valence-corrected chi connectivity index (χ1v) is 4.07. The molecule has 1 aromatic rings. The third-order valence-corrected chi connectivity index (χ3v) is 2.34. The molecule has 0 aliphatic heterocycles. The second-order valence-electron chi connectivity index (χ2n) is 3.36. The normalized spacial score (nSPS) is 19.4. The van der Waals surface area contributed by atoms with Gasteiger partial charge in [-0.2, -0.15) is 5.10 Å². The summed E-state index contributed by atoms with van der Waals surface area (Å²) in [5.74, 6) is 0. The Morgan fingerprint density at radius 3 is 2.92 bits per heavy atom. The van der Waals surface area contributed by atoms with Crippen LogP contribution in [-0.4, -0.2) is 22.5 Å². The van der Waals surface area contributed by atoms with Gasteiger partial charge < -0.3 is 10.5 Å². The van der Waals surface area contributed by atoms with Crippen molar-refractivity contribution in [3.8, 4) is 0 Å². The molecule has 12 heavy (non-hydrogen) atoms. The van der Waals surface area contributed by atoms with E-state index in [4.69, 9.17) is 10.5 Å². The van der Waals surface area contributed by atoms with Gasteiger partial charge in [-0.25, -0.2) is 0 Å². The summed E-state index contributed by atoms with van der Waals surface area (Å²) in [5, 5.41) is 4.10. The molecule has 0 radical (unpaired) electrons. The van der Waals surface area contributed by atoms with Crippen LogP contribution in [0.25, 0.3) is 0 Å². The summed E-state index contributed by atoms with van der Waals surface area (Å²) in [7, 11) is 1.75. The van der Waals surface area contributed by atoms with Gasteiger partial charge in [0.05, 0.1) is 24.0 Å². The number of nitrogens with zero attached hydrogens (tertiary/aromatic N) is 2. The summed E-state index contributed by atoms with van der Waals surface area (Å²) in [6.45, 7) is 0.820. The molecule has 66 valence electrons. The van der Waals surface area contributed by atoms with E-state index < -0.39 is 0 Å². The van der Waals surface area contributed by atoms with E-state index in [2.05, 4.69) is 5.10 Å². The molecule has 0 atom stereocenters. The molecule has 1 aromatic heterocycles. The maximum atomic E-state index is 5.54. The van der Waals surface area contributed by atoms with E-state index in [9.17, 15) is 0 Å². The Labute approximate surface area is 71.3 Å². The van der Waals surface area contributed by atoms with Crippen LogP contribution in [0.3, 0.4) is 0 Å². The zero-order chi connectivity index (χ0) is 8.60. The Morgan fingerprint density at radius 1 is 1.75 bits per heavy atom. The van der Waals surface area contributed by atoms with E-state index in [1.54, 1.807) is 13.3 Å². The molecule has 1 saturated carbocycles. The van der Waals surface area contributed by atoms with Crippen LogP contribution in [0.5, 0.6) is 0 Å². The molecule has 4 heteroatoms. The van der Waals surface area contributed by atoms with Crippen molar-refractivity contribution in [2.45, 2.75) is 25.0 Å². The van der Waals surface area contributed by atoms with Crippen molar-refractivity contribution < 1.29 is 4.74 Å². The van der Waals surface area contributed by atoms with Crippen LogP contribution in [0.15, 0.2) is 12.4 Å². The van der Waals surface area contributed by atoms with Crippen molar-refractivity contribution in [1.82, 2.24) is 9.78 Å². The van der Waals surface area contributed by atoms with E-state index in [1.165, 1.54) is 0 Å². The molecule has 1 aliphatic rings. The molecule has 2 rings (SSSR count). The second-order valence-corrected chi connectivity index (χ2v) is 3.36. The molecule has 0 aromatic carbocycles. The molecule has 4 nitrogen and oxygen atoms in total. The predicted molar refractivity (Wildman–Crippen MR) is 45.6 cm³/mol. The van der Waals surface area contributed by atoms with Crippen LogP contribution in [-0.2, 0) is 11.3 Å². The molecule has 1 heterocycles. The third kappa shape index (κ3) is 1.30. The summed E-state index contributed by atoms with van der Waals surface area (Å²) in [5.41, 5.74) is 6.30. The van der Waals surface area contributed by atoms with Crippen LogP contribution < -0.4 is 5.73 Å². The van der Waals surface area contributed by atoms with Crippen molar-refractivity contribution in [2.75, 3.05) is 12.8 Å². The summed E-state index contributed by atoms with van der Waals surface area (Å²) in [6, 6.07) is 0. The summed E-state index contributed by atoms with van der Waals surface area (Å²) < 4.78 is 7.20. The molecule has 2 N–H and O–H groups in total. The van der Waals surface area contributed by atoms with Gasteiger partial charge in [-0.05, 0) is 12.8 Å². The lowest BCUT2D eigenvalue weighted by molar-refractivity contribution is 0.0620. The lowest BCUT2D eigenvalue weighted by Gasteiger charge is -2.12. The number of rotatable bonds is 3. The number of hydrogen-bond acceptors (Lipinski definition) is 3. The number of hydrogen-bond donors (Lipinski definition) is 1. The minimum atomic E-state index is 0.0540. The van der Waals surface area contributed by atoms with Gasteiger partial charge in [-0.1, -0.05) is 0 Å². The Morgan fingerprint density at radius 2 is 2.50 bits per heavy atom. The van der Waals surface area contributed by atoms with Gasteiger partial charge in [0.2, 0.25) is 0 Å². The SMILES string of the molecule is COC1(Cn2cc(N)cn2)CC1. The molecule has 0 saturated heterocycles. The van der Waals surface area contributed by atoms with Crippen molar-refractivity contribution in [1.29, 1.82) is 0 Å². The van der Waals surface area contributed by atoms with E-state index in [-0.39, 0.29) is 5.60 Å². The number of nitrogen functional groups attached to an aromatic ring is 1. The number of aromatic nitrogens is 2. The van der Waals surface area contributed by atoms with Crippen molar-refractivity contribution in [3.05, 3.63) is 12.4 Å². The Balaban J connectivity index is 2.04. The average Bonchev–Trinajstić information content (AvgIpc) is 2.71. The van der Waals surface area contributed by atoms with Gasteiger partial charge in [0.1, 0.15) is 0 Å². The molecule has 0 amide bonds. The number of ether oxygens (including phenoxy) is 1. The lowest BCUT2D eigenvalue weighted by Crippen LogP contribution is -2.20. The predicted octanol–water partition coefficient (Wildman–Crippen LogP) is 0.644. The van der Waals surface area contributed by atoms with Crippen LogP contribution in [0.1, 0.15) is 12.8 Å². The van der Waals surface area contributed by atoms with Crippen LogP contribution >= 0.6 is 0 Å². The first-order valence-electron chi connectivity index (χ1n) is 4.07. The first kappa shape index (κ1) is 7.61. The molecular weight excluding hydrogens is 154 g/mol. The fourth-order valence-corrected chi connectivity index (χ4v) is 1.33. The molecule has 0 unspecified atom stereocenters. The highest BCUT2D eigenvalue weighted by Gasteiger charge is 2.43. The van der Waals surface area contributed by atoms with Gasteiger partial charge in [0.25, 0.3) is 0 Å². The van der Waals surface area contributed by atoms with E-state index in [1.807, 2.05) is 10.9 Å². The van der Waals surface area contributed by atoms with E-state index >= 15 is 0 Å². The smallest absolute Gasteiger partial charge is 0.0875 e. The molecule has 0 spiro atoms. The van der Waals surface area contributed by atoms with Gasteiger partial charge in [-0.15, -0.1) is 0 Å². The molecular formula is C8H13N3O. The Kier molecular flexibility index (Phi) is 1.58. The third-order valence-electron chi connectivity index (χ3n) is 2.34. The van der Waals surface area contributed by atoms with Crippen LogP contribution in [0.2, 0.25) is 0 Å². The van der Waals surface area contributed by atoms with Crippen molar-refractivity contribution >= 4 is 5.69 Å². The molecule has 0 bridgehead atoms. The monoisotopic (exact) mass is 167 g/mol. The van der Waals surface area contributed by atoms with E-state index in [0.29, 0.717) is 5.69 Å². The van der Waals surface area contributed by atoms with Crippen molar-refractivity contribution in [3.63, 3.8) is 0 Å². The summed E-state index contributed by atoms with van der Waals surface area (Å²) in [6.07, 6.45) is 5.75. The second kappa shape index (κ2) is 2.48. The zero-order valence-electron chi connectivity index (χ0n) is 7.16. The van der Waals surface area contributed by atoms with Gasteiger partial charge in [-0.3, -0.25) is 4.68 Å². The Hall–Kier alpha value is -1.03. The maximum absolute atomic E-state index is 5.54. The highest BCUT2D eigenvalue weighted by atomic mass is 16.5. The highest BCUT2D eigenvalue weighted by molar-refractivity contribution is 5.30. The van der Waals surface area contributed by atoms with E-state index in [0.717, 1.165) is 19.4 Å². The average molecular weight is 167 g/mol. The lowest BCUT2D eigenvalue weighted by atomic mass is 10.3.